The van der Waals surface area contributed by atoms with Gasteiger partial charge in [-0.25, -0.2) is 9.36 Å². The van der Waals surface area contributed by atoms with Gasteiger partial charge in [-0.3, -0.25) is 9.79 Å². The van der Waals surface area contributed by atoms with Gasteiger partial charge in [0.1, 0.15) is 18.5 Å². The van der Waals surface area contributed by atoms with E-state index in [0.717, 1.165) is 5.52 Å². The van der Waals surface area contributed by atoms with Crippen molar-refractivity contribution in [3.8, 4) is 11.5 Å². The number of phosphoric acid groups is 1. The Labute approximate surface area is 166 Å². The Morgan fingerprint density at radius 2 is 1.52 bits per heavy atom. The standard InChI is InChI=1S/C21H16NO6P/c1-22-18-10-6-5-9-16(18)20(21(23)27-14-7-3-2-4-8-14)17-13-15(11-12-19(17)22)28-29(24,25)26/h2-13H,1H3,(H-,24,25,26)/p+1. The third kappa shape index (κ3) is 3.84. The van der Waals surface area contributed by atoms with Gasteiger partial charge in [0.25, 0.3) is 0 Å². The molecule has 0 saturated carbocycles. The Bertz CT molecular complexity index is 1280. The smallest absolute Gasteiger partial charge is 0.423 e. The predicted molar refractivity (Wildman–Crippen MR) is 107 cm³/mol. The molecule has 0 spiro atoms. The zero-order chi connectivity index (χ0) is 20.6. The molecule has 2 N–H and O–H groups in total. The summed E-state index contributed by atoms with van der Waals surface area (Å²) in [5.41, 5.74) is 1.78. The molecule has 0 radical (unpaired) electrons. The highest BCUT2D eigenvalue weighted by Gasteiger charge is 2.25. The number of pyridine rings is 1. The second kappa shape index (κ2) is 7.29. The summed E-state index contributed by atoms with van der Waals surface area (Å²) in [5.74, 6) is -0.230. The maximum absolute atomic E-state index is 13.1. The highest BCUT2D eigenvalue weighted by atomic mass is 31.2. The summed E-state index contributed by atoms with van der Waals surface area (Å²) >= 11 is 0. The summed E-state index contributed by atoms with van der Waals surface area (Å²) in [4.78, 5) is 31.4. The van der Waals surface area contributed by atoms with E-state index in [2.05, 4.69) is 0 Å². The van der Waals surface area contributed by atoms with Crippen LogP contribution in [-0.2, 0) is 11.6 Å². The van der Waals surface area contributed by atoms with Crippen LogP contribution in [0.4, 0.5) is 0 Å². The van der Waals surface area contributed by atoms with Crippen LogP contribution in [0.3, 0.4) is 0 Å². The number of carbonyl (C=O) groups excluding carboxylic acids is 1. The Morgan fingerprint density at radius 1 is 0.862 bits per heavy atom. The van der Waals surface area contributed by atoms with Gasteiger partial charge in [0.15, 0.2) is 0 Å². The molecule has 146 valence electrons. The van der Waals surface area contributed by atoms with Crippen LogP contribution in [0.2, 0.25) is 0 Å². The molecule has 29 heavy (non-hydrogen) atoms. The Hall–Kier alpha value is -3.25. The summed E-state index contributed by atoms with van der Waals surface area (Å²) in [7, 11) is -2.89. The monoisotopic (exact) mass is 410 g/mol. The van der Waals surface area contributed by atoms with Crippen molar-refractivity contribution in [3.63, 3.8) is 0 Å². The fourth-order valence-electron chi connectivity index (χ4n) is 3.32. The third-order valence-corrected chi connectivity index (χ3v) is 4.96. The van der Waals surface area contributed by atoms with Crippen LogP contribution in [0.25, 0.3) is 21.8 Å². The molecule has 0 aliphatic rings. The molecule has 0 saturated heterocycles. The number of rotatable bonds is 4. The number of nitrogens with zero attached hydrogens (tertiary/aromatic N) is 1. The molecule has 1 aromatic heterocycles. The van der Waals surface area contributed by atoms with Crippen LogP contribution in [-0.4, -0.2) is 15.8 Å². The molecule has 7 nitrogen and oxygen atoms in total. The van der Waals surface area contributed by atoms with Crippen LogP contribution in [0.5, 0.6) is 11.5 Å². The molecule has 0 atom stereocenters. The minimum Gasteiger partial charge on any atom is -0.423 e. The highest BCUT2D eigenvalue weighted by molar-refractivity contribution is 7.46. The number of aromatic nitrogens is 1. The number of hydrogen-bond acceptors (Lipinski definition) is 4. The molecule has 0 amide bonds. The lowest BCUT2D eigenvalue weighted by molar-refractivity contribution is -0.617. The lowest BCUT2D eigenvalue weighted by Gasteiger charge is -2.12. The molecule has 0 unspecified atom stereocenters. The zero-order valence-electron chi connectivity index (χ0n) is 15.4. The molecule has 8 heteroatoms. The van der Waals surface area contributed by atoms with E-state index in [1.807, 2.05) is 35.9 Å². The Kier molecular flexibility index (Phi) is 4.80. The maximum Gasteiger partial charge on any atom is 0.524 e. The topological polar surface area (TPSA) is 96.9 Å². The number of carbonyl (C=O) groups is 1. The van der Waals surface area contributed by atoms with Crippen molar-refractivity contribution in [2.24, 2.45) is 7.05 Å². The number of phosphoric ester groups is 1. The molecule has 0 aliphatic heterocycles. The minimum absolute atomic E-state index is 0.0464. The van der Waals surface area contributed by atoms with Crippen LogP contribution in [0.15, 0.2) is 72.8 Å². The summed E-state index contributed by atoms with van der Waals surface area (Å²) in [5, 5.41) is 1.11. The maximum atomic E-state index is 13.1. The molecule has 0 bridgehead atoms. The van der Waals surface area contributed by atoms with Crippen LogP contribution >= 0.6 is 7.82 Å². The molecule has 1 heterocycles. The van der Waals surface area contributed by atoms with Crippen LogP contribution < -0.4 is 13.8 Å². The van der Waals surface area contributed by atoms with Crippen molar-refractivity contribution >= 4 is 35.6 Å². The first-order chi connectivity index (χ1) is 13.8. The number of benzene rings is 3. The van der Waals surface area contributed by atoms with Crippen molar-refractivity contribution in [2.45, 2.75) is 0 Å². The molecule has 0 fully saturated rings. The van der Waals surface area contributed by atoms with E-state index in [9.17, 15) is 9.36 Å². The van der Waals surface area contributed by atoms with E-state index < -0.39 is 13.8 Å². The molecular formula is C21H17NO6P+. The normalized spacial score (nSPS) is 11.6. The SMILES string of the molecule is C[n+]1c2ccccc2c(C(=O)Oc2ccccc2)c2cc(OP(=O)(O)O)ccc21. The predicted octanol–water partition coefficient (Wildman–Crippen LogP) is 3.51. The van der Waals surface area contributed by atoms with E-state index in [-0.39, 0.29) is 11.3 Å². The Balaban J connectivity index is 1.97. The highest BCUT2D eigenvalue weighted by Crippen LogP contribution is 2.39. The average Bonchev–Trinajstić information content (AvgIpc) is 2.67. The quantitative estimate of drug-likeness (QED) is 0.176. The summed E-state index contributed by atoms with van der Waals surface area (Å²) in [6, 6.07) is 20.6. The lowest BCUT2D eigenvalue weighted by atomic mass is 10.0. The van der Waals surface area contributed by atoms with Crippen molar-refractivity contribution in [1.29, 1.82) is 0 Å². The van der Waals surface area contributed by atoms with E-state index in [0.29, 0.717) is 22.0 Å². The van der Waals surface area contributed by atoms with Gasteiger partial charge < -0.3 is 9.26 Å². The van der Waals surface area contributed by atoms with Gasteiger partial charge in [0.05, 0.1) is 16.3 Å². The molecular weight excluding hydrogens is 393 g/mol. The molecule has 0 aliphatic carbocycles. The lowest BCUT2D eigenvalue weighted by Crippen LogP contribution is -2.31. The number of aryl methyl sites for hydroxylation is 1. The number of esters is 1. The molecule has 4 aromatic rings. The van der Waals surface area contributed by atoms with Crippen molar-refractivity contribution < 1.29 is 33.0 Å². The van der Waals surface area contributed by atoms with Gasteiger partial charge in [-0.15, -0.1) is 0 Å². The van der Waals surface area contributed by atoms with Crippen molar-refractivity contribution in [1.82, 2.24) is 0 Å². The van der Waals surface area contributed by atoms with E-state index in [4.69, 9.17) is 19.0 Å². The van der Waals surface area contributed by atoms with Gasteiger partial charge in [0, 0.05) is 12.1 Å². The summed E-state index contributed by atoms with van der Waals surface area (Å²) in [6.07, 6.45) is 0. The van der Waals surface area contributed by atoms with Gasteiger partial charge in [0.2, 0.25) is 11.0 Å². The van der Waals surface area contributed by atoms with E-state index in [1.54, 1.807) is 36.4 Å². The van der Waals surface area contributed by atoms with Crippen molar-refractivity contribution in [2.75, 3.05) is 0 Å². The van der Waals surface area contributed by atoms with Gasteiger partial charge >= 0.3 is 13.8 Å². The van der Waals surface area contributed by atoms with Crippen LogP contribution in [0, 0.1) is 0 Å². The first-order valence-corrected chi connectivity index (χ1v) is 10.2. The van der Waals surface area contributed by atoms with Gasteiger partial charge in [-0.05, 0) is 30.3 Å². The second-order valence-electron chi connectivity index (χ2n) is 6.41. The fraction of sp³-hybridized carbons (Fsp3) is 0.0476. The minimum atomic E-state index is -4.74. The van der Waals surface area contributed by atoms with E-state index >= 15 is 0 Å². The molecule has 4 rings (SSSR count). The molecule has 3 aromatic carbocycles. The number of hydrogen-bond donors (Lipinski definition) is 2. The second-order valence-corrected chi connectivity index (χ2v) is 7.58. The Morgan fingerprint density at radius 3 is 2.24 bits per heavy atom. The van der Waals surface area contributed by atoms with Gasteiger partial charge in [-0.1, -0.05) is 30.3 Å². The number of fused-ring (bicyclic) bond motifs is 2. The first kappa shape index (κ1) is 19.1. The first-order valence-electron chi connectivity index (χ1n) is 8.70. The van der Waals surface area contributed by atoms with Gasteiger partial charge in [-0.2, -0.15) is 4.57 Å². The third-order valence-electron chi connectivity index (χ3n) is 4.52. The van der Waals surface area contributed by atoms with Crippen LogP contribution in [0.1, 0.15) is 10.4 Å². The zero-order valence-corrected chi connectivity index (χ0v) is 16.2. The summed E-state index contributed by atoms with van der Waals surface area (Å²) in [6.45, 7) is 0. The number of para-hydroxylation sites is 2. The average molecular weight is 410 g/mol. The fourth-order valence-corrected chi connectivity index (χ4v) is 3.71. The number of ether oxygens (including phenoxy) is 1. The van der Waals surface area contributed by atoms with Crippen molar-refractivity contribution in [3.05, 3.63) is 78.4 Å². The summed E-state index contributed by atoms with van der Waals surface area (Å²) < 4.78 is 23.4. The largest absolute Gasteiger partial charge is 0.524 e. The van der Waals surface area contributed by atoms with E-state index in [1.165, 1.54) is 12.1 Å².